The molecule has 2 aliphatic rings. The van der Waals surface area contributed by atoms with Crippen LogP contribution in [0.4, 0.5) is 0 Å². The first-order valence-corrected chi connectivity index (χ1v) is 8.05. The molecule has 2 aromatic rings. The van der Waals surface area contributed by atoms with Gasteiger partial charge in [0.05, 0.1) is 11.3 Å². The molecule has 1 aliphatic heterocycles. The average Bonchev–Trinajstić information content (AvgIpc) is 3.19. The first-order valence-electron chi connectivity index (χ1n) is 7.17. The van der Waals surface area contributed by atoms with Crippen molar-refractivity contribution >= 4 is 11.3 Å². The number of likely N-dealkylation sites (tertiary alicyclic amines) is 1. The van der Waals surface area contributed by atoms with Crippen LogP contribution in [-0.4, -0.2) is 33.7 Å². The highest BCUT2D eigenvalue weighted by Crippen LogP contribution is 2.44. The molecular formula is C16H18N2OS. The fraction of sp³-hybridized carbons (Fsp3) is 0.438. The Morgan fingerprint density at radius 1 is 1.25 bits per heavy atom. The van der Waals surface area contributed by atoms with Crippen LogP contribution >= 0.6 is 11.3 Å². The fourth-order valence-corrected chi connectivity index (χ4v) is 3.86. The summed E-state index contributed by atoms with van der Waals surface area (Å²) in [5.74, 6) is 0.564. The van der Waals surface area contributed by atoms with Crippen LogP contribution in [0.1, 0.15) is 18.5 Å². The molecule has 0 atom stereocenters. The van der Waals surface area contributed by atoms with Crippen molar-refractivity contribution in [3.8, 4) is 10.6 Å². The van der Waals surface area contributed by atoms with Crippen molar-refractivity contribution in [3.05, 3.63) is 41.4 Å². The van der Waals surface area contributed by atoms with E-state index in [4.69, 9.17) is 4.98 Å². The molecule has 20 heavy (non-hydrogen) atoms. The second-order valence-electron chi connectivity index (χ2n) is 6.03. The lowest BCUT2D eigenvalue weighted by atomic mass is 9.89. The first kappa shape index (κ1) is 12.5. The zero-order chi connectivity index (χ0) is 13.6. The van der Waals surface area contributed by atoms with Crippen LogP contribution < -0.4 is 0 Å². The summed E-state index contributed by atoms with van der Waals surface area (Å²) in [5.41, 5.74) is 1.91. The van der Waals surface area contributed by atoms with E-state index in [1.807, 2.05) is 18.2 Å². The number of aromatic nitrogens is 1. The van der Waals surface area contributed by atoms with E-state index in [1.165, 1.54) is 18.4 Å². The Bertz CT molecular complexity index is 600. The van der Waals surface area contributed by atoms with Crippen LogP contribution in [0.25, 0.3) is 10.6 Å². The molecule has 4 rings (SSSR count). The molecule has 4 heteroatoms. The lowest BCUT2D eigenvalue weighted by molar-refractivity contribution is -0.116. The van der Waals surface area contributed by atoms with Gasteiger partial charge < -0.3 is 5.11 Å². The van der Waals surface area contributed by atoms with Crippen LogP contribution in [0.2, 0.25) is 0 Å². The zero-order valence-corrected chi connectivity index (χ0v) is 12.1. The first-order chi connectivity index (χ1) is 9.73. The smallest absolute Gasteiger partial charge is 0.123 e. The number of β-amino-alcohol motifs (C(OH)–C–C–N with tert-alkyl or cyclic N) is 1. The van der Waals surface area contributed by atoms with Crippen LogP contribution in [0, 0.1) is 5.92 Å². The maximum absolute atomic E-state index is 10.3. The number of benzene rings is 1. The van der Waals surface area contributed by atoms with E-state index >= 15 is 0 Å². The van der Waals surface area contributed by atoms with E-state index in [0.717, 1.165) is 30.3 Å². The third-order valence-corrected chi connectivity index (χ3v) is 5.23. The molecule has 2 heterocycles. The van der Waals surface area contributed by atoms with Gasteiger partial charge in [-0.1, -0.05) is 30.3 Å². The van der Waals surface area contributed by atoms with Crippen LogP contribution in [0.15, 0.2) is 35.7 Å². The molecule has 2 fully saturated rings. The highest BCUT2D eigenvalue weighted by Gasteiger charge is 2.51. The van der Waals surface area contributed by atoms with Crippen molar-refractivity contribution in [3.63, 3.8) is 0 Å². The minimum Gasteiger partial charge on any atom is -0.387 e. The molecule has 0 amide bonds. The fourth-order valence-electron chi connectivity index (χ4n) is 3.04. The largest absolute Gasteiger partial charge is 0.387 e. The van der Waals surface area contributed by atoms with E-state index in [2.05, 4.69) is 22.4 Å². The van der Waals surface area contributed by atoms with Crippen molar-refractivity contribution in [1.29, 1.82) is 0 Å². The van der Waals surface area contributed by atoms with Crippen molar-refractivity contribution in [2.45, 2.75) is 25.0 Å². The second-order valence-corrected chi connectivity index (χ2v) is 6.89. The van der Waals surface area contributed by atoms with Gasteiger partial charge in [0.1, 0.15) is 5.01 Å². The van der Waals surface area contributed by atoms with E-state index < -0.39 is 5.60 Å². The van der Waals surface area contributed by atoms with Gasteiger partial charge >= 0.3 is 0 Å². The number of thiazole rings is 1. The van der Waals surface area contributed by atoms with Gasteiger partial charge in [-0.15, -0.1) is 11.3 Å². The molecule has 1 saturated heterocycles. The Labute approximate surface area is 122 Å². The molecule has 1 saturated carbocycles. The normalized spacial score (nSPS) is 21.6. The molecule has 3 nitrogen and oxygen atoms in total. The standard InChI is InChI=1S/C16H18N2OS/c19-16(13-6-7-13)10-18(11-16)8-14-9-20-15(17-14)12-4-2-1-3-5-12/h1-5,9,13,19H,6-8,10-11H2. The van der Waals surface area contributed by atoms with Gasteiger partial charge in [0.2, 0.25) is 0 Å². The maximum Gasteiger partial charge on any atom is 0.123 e. The molecule has 1 aromatic heterocycles. The lowest BCUT2D eigenvalue weighted by Crippen LogP contribution is -2.62. The quantitative estimate of drug-likeness (QED) is 0.939. The van der Waals surface area contributed by atoms with Crippen molar-refractivity contribution in [2.24, 2.45) is 5.92 Å². The van der Waals surface area contributed by atoms with Crippen LogP contribution in [0.3, 0.4) is 0 Å². The summed E-state index contributed by atoms with van der Waals surface area (Å²) >= 11 is 1.70. The molecule has 1 aliphatic carbocycles. The molecule has 0 spiro atoms. The van der Waals surface area contributed by atoms with Gasteiger partial charge in [-0.05, 0) is 18.8 Å². The predicted molar refractivity (Wildman–Crippen MR) is 80.5 cm³/mol. The second kappa shape index (κ2) is 4.65. The SMILES string of the molecule is OC1(C2CC2)CN(Cc2csc(-c3ccccc3)n2)C1. The molecule has 0 bridgehead atoms. The molecule has 1 N–H and O–H groups in total. The number of hydrogen-bond acceptors (Lipinski definition) is 4. The van der Waals surface area contributed by atoms with E-state index in [-0.39, 0.29) is 0 Å². The Morgan fingerprint density at radius 2 is 2.00 bits per heavy atom. The molecule has 0 unspecified atom stereocenters. The molecule has 1 aromatic carbocycles. The van der Waals surface area contributed by atoms with E-state index in [0.29, 0.717) is 5.92 Å². The van der Waals surface area contributed by atoms with Crippen molar-refractivity contribution < 1.29 is 5.11 Å². The van der Waals surface area contributed by atoms with Gasteiger partial charge in [0.25, 0.3) is 0 Å². The summed E-state index contributed by atoms with van der Waals surface area (Å²) in [4.78, 5) is 7.00. The highest BCUT2D eigenvalue weighted by molar-refractivity contribution is 7.13. The van der Waals surface area contributed by atoms with Crippen molar-refractivity contribution in [2.75, 3.05) is 13.1 Å². The van der Waals surface area contributed by atoms with E-state index in [9.17, 15) is 5.11 Å². The number of nitrogens with zero attached hydrogens (tertiary/aromatic N) is 2. The Balaban J connectivity index is 1.40. The minimum atomic E-state index is -0.391. The number of rotatable bonds is 4. The van der Waals surface area contributed by atoms with Gasteiger partial charge in [0.15, 0.2) is 0 Å². The van der Waals surface area contributed by atoms with Crippen molar-refractivity contribution in [1.82, 2.24) is 9.88 Å². The zero-order valence-electron chi connectivity index (χ0n) is 11.3. The minimum absolute atomic E-state index is 0.391. The van der Waals surface area contributed by atoms with Gasteiger partial charge in [-0.2, -0.15) is 0 Å². The molecule has 104 valence electrons. The monoisotopic (exact) mass is 286 g/mol. The van der Waals surface area contributed by atoms with Gasteiger partial charge in [0, 0.05) is 30.6 Å². The summed E-state index contributed by atoms with van der Waals surface area (Å²) in [7, 11) is 0. The van der Waals surface area contributed by atoms with Crippen LogP contribution in [-0.2, 0) is 6.54 Å². The third-order valence-electron chi connectivity index (χ3n) is 4.29. The number of aliphatic hydroxyl groups is 1. The predicted octanol–water partition coefficient (Wildman–Crippen LogP) is 2.77. The number of hydrogen-bond donors (Lipinski definition) is 1. The summed E-state index contributed by atoms with van der Waals surface area (Å²) in [5, 5.41) is 13.5. The summed E-state index contributed by atoms with van der Waals surface area (Å²) in [6, 6.07) is 10.3. The Kier molecular flexibility index (Phi) is 2.91. The van der Waals surface area contributed by atoms with Crippen LogP contribution in [0.5, 0.6) is 0 Å². The lowest BCUT2D eigenvalue weighted by Gasteiger charge is -2.46. The van der Waals surface area contributed by atoms with Gasteiger partial charge in [-0.3, -0.25) is 4.90 Å². The maximum atomic E-state index is 10.3. The molecule has 0 radical (unpaired) electrons. The molecular weight excluding hydrogens is 268 g/mol. The third kappa shape index (κ3) is 2.28. The van der Waals surface area contributed by atoms with E-state index in [1.54, 1.807) is 11.3 Å². The average molecular weight is 286 g/mol. The summed E-state index contributed by atoms with van der Waals surface area (Å²) < 4.78 is 0. The Morgan fingerprint density at radius 3 is 2.70 bits per heavy atom. The van der Waals surface area contributed by atoms with Gasteiger partial charge in [-0.25, -0.2) is 4.98 Å². The highest BCUT2D eigenvalue weighted by atomic mass is 32.1. The summed E-state index contributed by atoms with van der Waals surface area (Å²) in [6.07, 6.45) is 2.42. The topological polar surface area (TPSA) is 36.4 Å². The Hall–Kier alpha value is -1.23. The summed E-state index contributed by atoms with van der Waals surface area (Å²) in [6.45, 7) is 2.49.